The highest BCUT2D eigenvalue weighted by Crippen LogP contribution is 2.24. The molecule has 1 aromatic rings. The molecule has 24 heavy (non-hydrogen) atoms. The highest BCUT2D eigenvalue weighted by atomic mass is 35.5. The average Bonchev–Trinajstić information content (AvgIpc) is 2.51. The minimum absolute atomic E-state index is 0.0654. The van der Waals surface area contributed by atoms with Crippen LogP contribution in [0.15, 0.2) is 24.3 Å². The van der Waals surface area contributed by atoms with Crippen LogP contribution in [0.5, 0.6) is 0 Å². The van der Waals surface area contributed by atoms with Crippen molar-refractivity contribution in [1.82, 2.24) is 9.80 Å². The van der Waals surface area contributed by atoms with Crippen LogP contribution in [0.3, 0.4) is 0 Å². The smallest absolute Gasteiger partial charge is 0.223 e. The van der Waals surface area contributed by atoms with E-state index in [2.05, 4.69) is 43.6 Å². The maximum atomic E-state index is 12.4. The minimum atomic E-state index is 0.0654. The minimum Gasteiger partial charge on any atom is -0.343 e. The third-order valence-electron chi connectivity index (χ3n) is 4.70. The van der Waals surface area contributed by atoms with Gasteiger partial charge in [0.15, 0.2) is 0 Å². The predicted molar refractivity (Wildman–Crippen MR) is 101 cm³/mol. The highest BCUT2D eigenvalue weighted by Gasteiger charge is 2.28. The van der Waals surface area contributed by atoms with Gasteiger partial charge in [-0.25, -0.2) is 0 Å². The lowest BCUT2D eigenvalue weighted by molar-refractivity contribution is -0.134. The Bertz CT molecular complexity index is 545. The van der Waals surface area contributed by atoms with Gasteiger partial charge < -0.3 is 4.90 Å². The van der Waals surface area contributed by atoms with E-state index >= 15 is 0 Å². The van der Waals surface area contributed by atoms with Crippen LogP contribution in [-0.2, 0) is 11.3 Å². The van der Waals surface area contributed by atoms with E-state index in [1.165, 1.54) is 5.56 Å². The van der Waals surface area contributed by atoms with E-state index < -0.39 is 0 Å². The lowest BCUT2D eigenvalue weighted by Gasteiger charge is -2.39. The van der Waals surface area contributed by atoms with Crippen molar-refractivity contribution in [3.63, 3.8) is 0 Å². The molecule has 4 heteroatoms. The molecule has 0 radical (unpaired) electrons. The molecule has 1 aliphatic heterocycles. The molecule has 0 unspecified atom stereocenters. The van der Waals surface area contributed by atoms with Gasteiger partial charge in [0.05, 0.1) is 0 Å². The zero-order valence-electron chi connectivity index (χ0n) is 15.5. The number of nitrogens with zero attached hydrogens (tertiary/aromatic N) is 2. The number of hydrogen-bond acceptors (Lipinski definition) is 2. The summed E-state index contributed by atoms with van der Waals surface area (Å²) in [5, 5.41) is 0.797. The Morgan fingerprint density at radius 1 is 1.29 bits per heavy atom. The van der Waals surface area contributed by atoms with Crippen molar-refractivity contribution in [2.75, 3.05) is 19.6 Å². The molecule has 0 bridgehead atoms. The quantitative estimate of drug-likeness (QED) is 0.775. The first-order chi connectivity index (χ1) is 11.3. The second-order valence-electron chi connectivity index (χ2n) is 8.04. The average molecular weight is 351 g/mol. The molecule has 1 amide bonds. The van der Waals surface area contributed by atoms with Crippen LogP contribution in [-0.4, -0.2) is 41.4 Å². The number of halogens is 1. The first-order valence-electron chi connectivity index (χ1n) is 9.05. The molecule has 1 aromatic carbocycles. The third-order valence-corrected chi connectivity index (χ3v) is 4.93. The summed E-state index contributed by atoms with van der Waals surface area (Å²) in [6, 6.07) is 8.66. The fourth-order valence-corrected chi connectivity index (χ4v) is 3.63. The van der Waals surface area contributed by atoms with Crippen molar-refractivity contribution in [3.8, 4) is 0 Å². The molecule has 0 spiro atoms. The SMILES string of the molecule is CCN(Cc1cccc(Cl)c1)C1CCN(C(=O)CC(C)(C)C)CC1. The van der Waals surface area contributed by atoms with Gasteiger partial charge in [-0.15, -0.1) is 0 Å². The standard InChI is InChI=1S/C20H31ClN2O/c1-5-22(15-16-7-6-8-17(21)13-16)18-9-11-23(12-10-18)19(24)14-20(2,3)4/h6-8,13,18H,5,9-12,14-15H2,1-4H3. The molecule has 134 valence electrons. The second-order valence-corrected chi connectivity index (χ2v) is 8.48. The number of likely N-dealkylation sites (tertiary alicyclic amines) is 1. The number of carbonyl (C=O) groups excluding carboxylic acids is 1. The van der Waals surface area contributed by atoms with Crippen molar-refractivity contribution in [2.45, 2.75) is 59.5 Å². The summed E-state index contributed by atoms with van der Waals surface area (Å²) < 4.78 is 0. The largest absolute Gasteiger partial charge is 0.343 e. The van der Waals surface area contributed by atoms with Crippen LogP contribution in [0.1, 0.15) is 52.5 Å². The molecule has 2 rings (SSSR count). The summed E-state index contributed by atoms with van der Waals surface area (Å²) >= 11 is 6.10. The Hall–Kier alpha value is -1.06. The van der Waals surface area contributed by atoms with Crippen LogP contribution in [0, 0.1) is 5.41 Å². The topological polar surface area (TPSA) is 23.6 Å². The van der Waals surface area contributed by atoms with E-state index in [0.717, 1.165) is 44.0 Å². The third kappa shape index (κ3) is 5.78. The Kier molecular flexibility index (Phi) is 6.70. The summed E-state index contributed by atoms with van der Waals surface area (Å²) in [4.78, 5) is 16.9. The molecule has 0 N–H and O–H groups in total. The van der Waals surface area contributed by atoms with E-state index in [-0.39, 0.29) is 5.41 Å². The molecule has 0 atom stereocenters. The lowest BCUT2D eigenvalue weighted by atomic mass is 9.91. The number of benzene rings is 1. The van der Waals surface area contributed by atoms with E-state index in [4.69, 9.17) is 11.6 Å². The summed E-state index contributed by atoms with van der Waals surface area (Å²) in [6.07, 6.45) is 2.76. The Labute approximate surface area is 152 Å². The van der Waals surface area contributed by atoms with Crippen molar-refractivity contribution >= 4 is 17.5 Å². The fraction of sp³-hybridized carbons (Fsp3) is 0.650. The van der Waals surface area contributed by atoms with Gasteiger partial charge in [0, 0.05) is 37.1 Å². The molecule has 1 heterocycles. The molecule has 0 aliphatic carbocycles. The Morgan fingerprint density at radius 2 is 1.96 bits per heavy atom. The number of hydrogen-bond donors (Lipinski definition) is 0. The zero-order valence-corrected chi connectivity index (χ0v) is 16.3. The lowest BCUT2D eigenvalue weighted by Crippen LogP contribution is -2.47. The molecular weight excluding hydrogens is 320 g/mol. The molecular formula is C20H31ClN2O. The first-order valence-corrected chi connectivity index (χ1v) is 9.42. The van der Waals surface area contributed by atoms with Crippen molar-refractivity contribution in [3.05, 3.63) is 34.9 Å². The number of carbonyl (C=O) groups is 1. The van der Waals surface area contributed by atoms with Gasteiger partial charge in [-0.1, -0.05) is 51.4 Å². The Morgan fingerprint density at radius 3 is 2.50 bits per heavy atom. The second kappa shape index (κ2) is 8.35. The van der Waals surface area contributed by atoms with Crippen molar-refractivity contribution in [1.29, 1.82) is 0 Å². The van der Waals surface area contributed by atoms with Crippen LogP contribution < -0.4 is 0 Å². The monoisotopic (exact) mass is 350 g/mol. The van der Waals surface area contributed by atoms with Gasteiger partial charge in [0.1, 0.15) is 0 Å². The summed E-state index contributed by atoms with van der Waals surface area (Å²) in [5.74, 6) is 0.304. The molecule has 1 aliphatic rings. The molecule has 3 nitrogen and oxygen atoms in total. The first kappa shape index (κ1) is 19.3. The highest BCUT2D eigenvalue weighted by molar-refractivity contribution is 6.30. The Balaban J connectivity index is 1.88. The predicted octanol–water partition coefficient (Wildman–Crippen LogP) is 4.59. The zero-order chi connectivity index (χ0) is 17.7. The summed E-state index contributed by atoms with van der Waals surface area (Å²) in [5.41, 5.74) is 1.33. The summed E-state index contributed by atoms with van der Waals surface area (Å²) in [6.45, 7) is 12.3. The maximum absolute atomic E-state index is 12.4. The van der Waals surface area contributed by atoms with E-state index in [0.29, 0.717) is 18.4 Å². The van der Waals surface area contributed by atoms with Crippen LogP contribution >= 0.6 is 11.6 Å². The number of piperidine rings is 1. The van der Waals surface area contributed by atoms with Gasteiger partial charge in [-0.3, -0.25) is 9.69 Å². The molecule has 1 saturated heterocycles. The number of rotatable bonds is 5. The summed E-state index contributed by atoms with van der Waals surface area (Å²) in [7, 11) is 0. The van der Waals surface area contributed by atoms with Gasteiger partial charge in [-0.05, 0) is 42.5 Å². The van der Waals surface area contributed by atoms with Crippen LogP contribution in [0.2, 0.25) is 5.02 Å². The van der Waals surface area contributed by atoms with Gasteiger partial charge >= 0.3 is 0 Å². The van der Waals surface area contributed by atoms with Gasteiger partial charge in [-0.2, -0.15) is 0 Å². The molecule has 0 aromatic heterocycles. The van der Waals surface area contributed by atoms with Gasteiger partial charge in [0.2, 0.25) is 5.91 Å². The van der Waals surface area contributed by atoms with E-state index in [1.54, 1.807) is 0 Å². The van der Waals surface area contributed by atoms with E-state index in [9.17, 15) is 4.79 Å². The van der Waals surface area contributed by atoms with Crippen molar-refractivity contribution in [2.24, 2.45) is 5.41 Å². The van der Waals surface area contributed by atoms with Crippen LogP contribution in [0.4, 0.5) is 0 Å². The van der Waals surface area contributed by atoms with Crippen molar-refractivity contribution < 1.29 is 4.79 Å². The van der Waals surface area contributed by atoms with E-state index in [1.807, 2.05) is 18.2 Å². The van der Waals surface area contributed by atoms with Gasteiger partial charge in [0.25, 0.3) is 0 Å². The van der Waals surface area contributed by atoms with Crippen LogP contribution in [0.25, 0.3) is 0 Å². The molecule has 1 fully saturated rings. The fourth-order valence-electron chi connectivity index (χ4n) is 3.41. The maximum Gasteiger partial charge on any atom is 0.223 e. The normalized spacial score (nSPS) is 16.7. The number of amides is 1. The molecule has 0 saturated carbocycles.